The fourth-order valence-electron chi connectivity index (χ4n) is 2.71. The lowest BCUT2D eigenvalue weighted by atomic mass is 10.1. The molecule has 0 radical (unpaired) electrons. The molecule has 0 atom stereocenters. The molecule has 2 aromatic heterocycles. The molecule has 0 aliphatic carbocycles. The fourth-order valence-corrected chi connectivity index (χ4v) is 3.62. The third-order valence-electron chi connectivity index (χ3n) is 4.08. The normalized spacial score (nSPS) is 11.8. The van der Waals surface area contributed by atoms with Crippen molar-refractivity contribution in [1.29, 1.82) is 0 Å². The van der Waals surface area contributed by atoms with E-state index in [1.807, 2.05) is 43.1 Å². The molecule has 1 N–H and O–H groups in total. The summed E-state index contributed by atoms with van der Waals surface area (Å²) in [6, 6.07) is 10.3. The molecule has 120 valence electrons. The van der Waals surface area contributed by atoms with Crippen LogP contribution in [-0.2, 0) is 0 Å². The van der Waals surface area contributed by atoms with E-state index in [9.17, 15) is 5.11 Å². The van der Waals surface area contributed by atoms with Crippen molar-refractivity contribution in [3.8, 4) is 11.1 Å². The second kappa shape index (κ2) is 6.26. The number of anilines is 1. The van der Waals surface area contributed by atoms with E-state index >= 15 is 0 Å². The van der Waals surface area contributed by atoms with Crippen molar-refractivity contribution in [3.63, 3.8) is 0 Å². The molecule has 0 aliphatic rings. The minimum Gasteiger partial charge on any atom is -0.394 e. The lowest BCUT2D eigenvalue weighted by Crippen LogP contribution is -2.47. The summed E-state index contributed by atoms with van der Waals surface area (Å²) in [5.41, 5.74) is 1.96. The van der Waals surface area contributed by atoms with Gasteiger partial charge in [0, 0.05) is 29.1 Å². The van der Waals surface area contributed by atoms with Gasteiger partial charge in [-0.2, -0.15) is 0 Å². The van der Waals surface area contributed by atoms with E-state index in [2.05, 4.69) is 29.4 Å². The van der Waals surface area contributed by atoms with Crippen LogP contribution in [0.2, 0.25) is 0 Å². The van der Waals surface area contributed by atoms with E-state index in [1.165, 1.54) is 11.1 Å². The van der Waals surface area contributed by atoms with E-state index in [0.29, 0.717) is 5.95 Å². The molecule has 3 aromatic rings. The molecule has 0 saturated heterocycles. The van der Waals surface area contributed by atoms with E-state index in [4.69, 9.17) is 4.98 Å². The second-order valence-electron chi connectivity index (χ2n) is 6.12. The van der Waals surface area contributed by atoms with Crippen molar-refractivity contribution in [2.45, 2.75) is 26.3 Å². The van der Waals surface area contributed by atoms with Crippen LogP contribution >= 0.6 is 11.3 Å². The van der Waals surface area contributed by atoms with Gasteiger partial charge in [0.25, 0.3) is 0 Å². The molecule has 0 fully saturated rings. The highest BCUT2D eigenvalue weighted by Crippen LogP contribution is 2.33. The molecule has 0 bridgehead atoms. The Balaban J connectivity index is 2.05. The Hall–Kier alpha value is -1.98. The first kappa shape index (κ1) is 15.9. The predicted octanol–water partition coefficient (Wildman–Crippen LogP) is 3.96. The van der Waals surface area contributed by atoms with Crippen molar-refractivity contribution < 1.29 is 5.11 Å². The van der Waals surface area contributed by atoms with Gasteiger partial charge in [-0.3, -0.25) is 0 Å². The summed E-state index contributed by atoms with van der Waals surface area (Å²) in [7, 11) is 0. The summed E-state index contributed by atoms with van der Waals surface area (Å²) < 4.78 is 0. The molecule has 5 heteroatoms. The number of aliphatic hydroxyl groups excluding tert-OH is 1. The standard InChI is InChI=1S/C18H21N3OS/c1-4-21(18(2,3)12-22)17-19-10-14-15(11-23-16(14)20-17)13-8-6-5-7-9-13/h5-11,22H,4,12H2,1-3H3. The molecule has 0 saturated carbocycles. The van der Waals surface area contributed by atoms with Gasteiger partial charge in [0.1, 0.15) is 4.83 Å². The molecule has 23 heavy (non-hydrogen) atoms. The number of hydrogen-bond acceptors (Lipinski definition) is 5. The highest BCUT2D eigenvalue weighted by molar-refractivity contribution is 7.17. The maximum Gasteiger partial charge on any atom is 0.227 e. The predicted molar refractivity (Wildman–Crippen MR) is 97.0 cm³/mol. The lowest BCUT2D eigenvalue weighted by Gasteiger charge is -2.36. The van der Waals surface area contributed by atoms with Gasteiger partial charge in [0.15, 0.2) is 0 Å². The number of nitrogens with zero attached hydrogens (tertiary/aromatic N) is 3. The van der Waals surface area contributed by atoms with Gasteiger partial charge in [-0.1, -0.05) is 30.3 Å². The third kappa shape index (κ3) is 2.94. The highest BCUT2D eigenvalue weighted by atomic mass is 32.1. The van der Waals surface area contributed by atoms with Crippen molar-refractivity contribution in [3.05, 3.63) is 41.9 Å². The van der Waals surface area contributed by atoms with Crippen LogP contribution in [0.15, 0.2) is 41.9 Å². The van der Waals surface area contributed by atoms with Crippen LogP contribution in [0.1, 0.15) is 20.8 Å². The first-order valence-electron chi connectivity index (χ1n) is 7.75. The molecule has 4 nitrogen and oxygen atoms in total. The van der Waals surface area contributed by atoms with E-state index < -0.39 is 0 Å². The van der Waals surface area contributed by atoms with E-state index in [-0.39, 0.29) is 12.1 Å². The first-order chi connectivity index (χ1) is 11.1. The Bertz CT molecular complexity index is 798. The minimum atomic E-state index is -0.387. The molecule has 3 rings (SSSR count). The summed E-state index contributed by atoms with van der Waals surface area (Å²) in [6.07, 6.45) is 1.90. The van der Waals surface area contributed by atoms with Gasteiger partial charge in [0.05, 0.1) is 12.1 Å². The van der Waals surface area contributed by atoms with Crippen LogP contribution in [-0.4, -0.2) is 33.8 Å². The number of aromatic nitrogens is 2. The van der Waals surface area contributed by atoms with Crippen molar-refractivity contribution in [2.75, 3.05) is 18.1 Å². The zero-order valence-corrected chi connectivity index (χ0v) is 14.5. The SMILES string of the molecule is CCN(c1ncc2c(-c3ccccc3)csc2n1)C(C)(C)CO. The molecule has 0 aliphatic heterocycles. The fraction of sp³-hybridized carbons (Fsp3) is 0.333. The van der Waals surface area contributed by atoms with Crippen LogP contribution in [0.25, 0.3) is 21.3 Å². The van der Waals surface area contributed by atoms with Gasteiger partial charge in [-0.15, -0.1) is 11.3 Å². The van der Waals surface area contributed by atoms with Crippen LogP contribution in [0, 0.1) is 0 Å². The summed E-state index contributed by atoms with van der Waals surface area (Å²) in [5.74, 6) is 0.667. The molecule has 0 unspecified atom stereocenters. The largest absolute Gasteiger partial charge is 0.394 e. The Morgan fingerprint density at radius 3 is 2.61 bits per heavy atom. The Morgan fingerprint density at radius 2 is 1.96 bits per heavy atom. The van der Waals surface area contributed by atoms with Crippen LogP contribution < -0.4 is 4.90 Å². The Kier molecular flexibility index (Phi) is 4.33. The van der Waals surface area contributed by atoms with Gasteiger partial charge in [-0.05, 0) is 26.3 Å². The Labute approximate surface area is 140 Å². The minimum absolute atomic E-state index is 0.0575. The smallest absolute Gasteiger partial charge is 0.227 e. The van der Waals surface area contributed by atoms with Crippen molar-refractivity contribution in [1.82, 2.24) is 9.97 Å². The van der Waals surface area contributed by atoms with Crippen LogP contribution in [0.4, 0.5) is 5.95 Å². The second-order valence-corrected chi connectivity index (χ2v) is 6.98. The van der Waals surface area contributed by atoms with Gasteiger partial charge in [-0.25, -0.2) is 9.97 Å². The molecular formula is C18H21N3OS. The summed E-state index contributed by atoms with van der Waals surface area (Å²) in [5, 5.41) is 12.8. The number of fused-ring (bicyclic) bond motifs is 1. The quantitative estimate of drug-likeness (QED) is 0.771. The number of likely N-dealkylation sites (N-methyl/N-ethyl adjacent to an activating group) is 1. The van der Waals surface area contributed by atoms with Crippen LogP contribution in [0.3, 0.4) is 0 Å². The average Bonchev–Trinajstić information content (AvgIpc) is 2.99. The molecule has 0 spiro atoms. The van der Waals surface area contributed by atoms with E-state index in [0.717, 1.165) is 16.8 Å². The van der Waals surface area contributed by atoms with E-state index in [1.54, 1.807) is 11.3 Å². The molecule has 1 aromatic carbocycles. The zero-order chi connectivity index (χ0) is 16.4. The van der Waals surface area contributed by atoms with Gasteiger partial charge >= 0.3 is 0 Å². The van der Waals surface area contributed by atoms with Crippen LogP contribution in [0.5, 0.6) is 0 Å². The number of thiophene rings is 1. The van der Waals surface area contributed by atoms with Crippen molar-refractivity contribution >= 4 is 27.5 Å². The molecular weight excluding hydrogens is 306 g/mol. The first-order valence-corrected chi connectivity index (χ1v) is 8.63. The topological polar surface area (TPSA) is 49.2 Å². The molecule has 0 amide bonds. The summed E-state index contributed by atoms with van der Waals surface area (Å²) >= 11 is 1.63. The lowest BCUT2D eigenvalue weighted by molar-refractivity contribution is 0.211. The third-order valence-corrected chi connectivity index (χ3v) is 4.97. The monoisotopic (exact) mass is 327 g/mol. The average molecular weight is 327 g/mol. The maximum atomic E-state index is 9.63. The Morgan fingerprint density at radius 1 is 1.22 bits per heavy atom. The molecule has 2 heterocycles. The maximum absolute atomic E-state index is 9.63. The summed E-state index contributed by atoms with van der Waals surface area (Å²) in [6.45, 7) is 6.84. The number of benzene rings is 1. The zero-order valence-electron chi connectivity index (χ0n) is 13.7. The van der Waals surface area contributed by atoms with Gasteiger partial charge in [0.2, 0.25) is 5.95 Å². The van der Waals surface area contributed by atoms with Crippen molar-refractivity contribution in [2.24, 2.45) is 0 Å². The highest BCUT2D eigenvalue weighted by Gasteiger charge is 2.27. The number of rotatable bonds is 5. The van der Waals surface area contributed by atoms with Gasteiger partial charge < -0.3 is 10.0 Å². The summed E-state index contributed by atoms with van der Waals surface area (Å²) in [4.78, 5) is 12.3. The number of aliphatic hydroxyl groups is 1. The number of hydrogen-bond donors (Lipinski definition) is 1.